The first-order valence-electron chi connectivity index (χ1n) is 3.43. The molecule has 0 radical (unpaired) electrons. The number of aryl methyl sites for hydroxylation is 1. The van der Waals surface area contributed by atoms with Crippen LogP contribution in [0, 0.1) is 0 Å². The van der Waals surface area contributed by atoms with E-state index in [1.54, 1.807) is 13.2 Å². The van der Waals surface area contributed by atoms with Crippen molar-refractivity contribution < 1.29 is 9.90 Å². The molecule has 0 saturated heterocycles. The zero-order valence-corrected chi connectivity index (χ0v) is 6.64. The van der Waals surface area contributed by atoms with Crippen molar-refractivity contribution in [2.24, 2.45) is 12.8 Å². The molecule has 0 unspecified atom stereocenters. The predicted octanol–water partition coefficient (Wildman–Crippen LogP) is -0.710. The largest absolute Gasteiger partial charge is 0.481 e. The molecule has 0 amide bonds. The summed E-state index contributed by atoms with van der Waals surface area (Å²) < 4.78 is 1.48. The van der Waals surface area contributed by atoms with E-state index in [-0.39, 0.29) is 6.42 Å². The minimum atomic E-state index is -0.937. The Balaban J connectivity index is 2.64. The van der Waals surface area contributed by atoms with Gasteiger partial charge in [0.2, 0.25) is 0 Å². The van der Waals surface area contributed by atoms with Crippen molar-refractivity contribution in [2.75, 3.05) is 0 Å². The van der Waals surface area contributed by atoms with E-state index in [0.29, 0.717) is 5.69 Å². The molecule has 0 saturated carbocycles. The van der Waals surface area contributed by atoms with E-state index in [1.165, 1.54) is 4.68 Å². The Kier molecular flexibility index (Phi) is 2.39. The van der Waals surface area contributed by atoms with Gasteiger partial charge < -0.3 is 10.8 Å². The fourth-order valence-electron chi connectivity index (χ4n) is 0.828. The van der Waals surface area contributed by atoms with Crippen LogP contribution in [0.1, 0.15) is 18.2 Å². The Hall–Kier alpha value is -1.43. The number of carbonyl (C=O) groups is 1. The quantitative estimate of drug-likeness (QED) is 0.624. The SMILES string of the molecule is Cn1cc([C@H](N)CC(=O)O)nn1. The first-order chi connectivity index (χ1) is 5.59. The van der Waals surface area contributed by atoms with Crippen LogP contribution >= 0.6 is 0 Å². The molecule has 12 heavy (non-hydrogen) atoms. The molecule has 6 nitrogen and oxygen atoms in total. The van der Waals surface area contributed by atoms with E-state index in [4.69, 9.17) is 10.8 Å². The highest BCUT2D eigenvalue weighted by molar-refractivity contribution is 5.67. The molecule has 0 aromatic carbocycles. The number of hydrogen-bond donors (Lipinski definition) is 2. The summed E-state index contributed by atoms with van der Waals surface area (Å²) in [7, 11) is 1.70. The zero-order chi connectivity index (χ0) is 9.14. The molecule has 0 spiro atoms. The van der Waals surface area contributed by atoms with Gasteiger partial charge in [-0.3, -0.25) is 9.48 Å². The van der Waals surface area contributed by atoms with Gasteiger partial charge in [0.15, 0.2) is 0 Å². The van der Waals surface area contributed by atoms with Crippen molar-refractivity contribution in [1.82, 2.24) is 15.0 Å². The van der Waals surface area contributed by atoms with Gasteiger partial charge in [0.1, 0.15) is 0 Å². The third-order valence-corrected chi connectivity index (χ3v) is 1.39. The van der Waals surface area contributed by atoms with Crippen molar-refractivity contribution in [3.8, 4) is 0 Å². The molecule has 0 bridgehead atoms. The number of carboxylic acids is 1. The van der Waals surface area contributed by atoms with Crippen molar-refractivity contribution in [3.05, 3.63) is 11.9 Å². The number of nitrogens with two attached hydrogens (primary N) is 1. The first kappa shape index (κ1) is 8.66. The second-order valence-electron chi connectivity index (χ2n) is 2.52. The average Bonchev–Trinajstić information content (AvgIpc) is 2.34. The molecular formula is C6H10N4O2. The van der Waals surface area contributed by atoms with Crippen LogP contribution in [0.3, 0.4) is 0 Å². The second-order valence-corrected chi connectivity index (χ2v) is 2.52. The fraction of sp³-hybridized carbons (Fsp3) is 0.500. The minimum Gasteiger partial charge on any atom is -0.481 e. The summed E-state index contributed by atoms with van der Waals surface area (Å²) in [6.45, 7) is 0. The normalized spacial score (nSPS) is 12.8. The van der Waals surface area contributed by atoms with E-state index < -0.39 is 12.0 Å². The van der Waals surface area contributed by atoms with Crippen molar-refractivity contribution in [1.29, 1.82) is 0 Å². The molecule has 66 valence electrons. The average molecular weight is 170 g/mol. The van der Waals surface area contributed by atoms with Crippen LogP contribution < -0.4 is 5.73 Å². The number of hydrogen-bond acceptors (Lipinski definition) is 4. The Labute approximate surface area is 69.0 Å². The lowest BCUT2D eigenvalue weighted by Crippen LogP contribution is -2.15. The molecule has 1 aromatic rings. The number of rotatable bonds is 3. The van der Waals surface area contributed by atoms with E-state index in [2.05, 4.69) is 10.3 Å². The Morgan fingerprint density at radius 1 is 1.92 bits per heavy atom. The molecule has 0 aliphatic rings. The third kappa shape index (κ3) is 2.03. The van der Waals surface area contributed by atoms with Crippen molar-refractivity contribution in [3.63, 3.8) is 0 Å². The zero-order valence-electron chi connectivity index (χ0n) is 6.64. The Morgan fingerprint density at radius 2 is 2.58 bits per heavy atom. The number of aliphatic carboxylic acids is 1. The summed E-state index contributed by atoms with van der Waals surface area (Å²) in [5.74, 6) is -0.937. The summed E-state index contributed by atoms with van der Waals surface area (Å²) >= 11 is 0. The van der Waals surface area contributed by atoms with E-state index >= 15 is 0 Å². The Bertz CT molecular complexity index is 283. The highest BCUT2D eigenvalue weighted by Gasteiger charge is 2.13. The van der Waals surface area contributed by atoms with E-state index in [1.807, 2.05) is 0 Å². The van der Waals surface area contributed by atoms with Gasteiger partial charge in [0, 0.05) is 13.2 Å². The number of nitrogens with zero attached hydrogens (tertiary/aromatic N) is 3. The lowest BCUT2D eigenvalue weighted by atomic mass is 10.2. The van der Waals surface area contributed by atoms with Gasteiger partial charge in [-0.05, 0) is 0 Å². The van der Waals surface area contributed by atoms with Crippen LogP contribution in [-0.4, -0.2) is 26.1 Å². The molecule has 0 aliphatic heterocycles. The van der Waals surface area contributed by atoms with Gasteiger partial charge in [-0.25, -0.2) is 0 Å². The van der Waals surface area contributed by atoms with Crippen LogP contribution in [0.25, 0.3) is 0 Å². The highest BCUT2D eigenvalue weighted by atomic mass is 16.4. The predicted molar refractivity (Wildman–Crippen MR) is 40.2 cm³/mol. The van der Waals surface area contributed by atoms with Crippen LogP contribution in [-0.2, 0) is 11.8 Å². The lowest BCUT2D eigenvalue weighted by Gasteiger charge is -2.02. The summed E-state index contributed by atoms with van der Waals surface area (Å²) in [6.07, 6.45) is 1.48. The van der Waals surface area contributed by atoms with Gasteiger partial charge >= 0.3 is 5.97 Å². The van der Waals surface area contributed by atoms with Crippen LogP contribution in [0.15, 0.2) is 6.20 Å². The molecule has 1 heterocycles. The van der Waals surface area contributed by atoms with E-state index in [9.17, 15) is 4.79 Å². The standard InChI is InChI=1S/C6H10N4O2/c1-10-3-5(8-9-10)4(7)2-6(11)12/h3-4H,2,7H2,1H3,(H,11,12)/t4-/m1/s1. The molecule has 1 rings (SSSR count). The molecule has 0 aliphatic carbocycles. The van der Waals surface area contributed by atoms with Gasteiger partial charge in [0.05, 0.1) is 18.2 Å². The summed E-state index contributed by atoms with van der Waals surface area (Å²) in [5, 5.41) is 15.7. The van der Waals surface area contributed by atoms with Crippen LogP contribution in [0.5, 0.6) is 0 Å². The topological polar surface area (TPSA) is 94.0 Å². The second kappa shape index (κ2) is 3.31. The monoisotopic (exact) mass is 170 g/mol. The highest BCUT2D eigenvalue weighted by Crippen LogP contribution is 2.08. The van der Waals surface area contributed by atoms with Crippen LogP contribution in [0.2, 0.25) is 0 Å². The molecule has 1 atom stereocenters. The third-order valence-electron chi connectivity index (χ3n) is 1.39. The van der Waals surface area contributed by atoms with Crippen LogP contribution in [0.4, 0.5) is 0 Å². The molecule has 6 heteroatoms. The Morgan fingerprint density at radius 3 is 3.00 bits per heavy atom. The molecule has 3 N–H and O–H groups in total. The maximum Gasteiger partial charge on any atom is 0.305 e. The van der Waals surface area contributed by atoms with Gasteiger partial charge in [-0.15, -0.1) is 5.10 Å². The molecule has 0 fully saturated rings. The minimum absolute atomic E-state index is 0.126. The van der Waals surface area contributed by atoms with Gasteiger partial charge in [0.25, 0.3) is 0 Å². The maximum atomic E-state index is 10.3. The molecular weight excluding hydrogens is 160 g/mol. The number of carboxylic acid groups (broad SMARTS) is 1. The van der Waals surface area contributed by atoms with E-state index in [0.717, 1.165) is 0 Å². The van der Waals surface area contributed by atoms with Crippen molar-refractivity contribution >= 4 is 5.97 Å². The fourth-order valence-corrected chi connectivity index (χ4v) is 0.828. The van der Waals surface area contributed by atoms with Gasteiger partial charge in [-0.1, -0.05) is 5.21 Å². The van der Waals surface area contributed by atoms with Gasteiger partial charge in [-0.2, -0.15) is 0 Å². The van der Waals surface area contributed by atoms with Crippen molar-refractivity contribution in [2.45, 2.75) is 12.5 Å². The first-order valence-corrected chi connectivity index (χ1v) is 3.43. The maximum absolute atomic E-state index is 10.3. The number of aromatic nitrogens is 3. The lowest BCUT2D eigenvalue weighted by molar-refractivity contribution is -0.137. The summed E-state index contributed by atoms with van der Waals surface area (Å²) in [5.41, 5.74) is 6.01. The smallest absolute Gasteiger partial charge is 0.305 e. The summed E-state index contributed by atoms with van der Waals surface area (Å²) in [4.78, 5) is 10.3. The summed E-state index contributed by atoms with van der Waals surface area (Å²) in [6, 6.07) is -0.573. The molecule has 1 aromatic heterocycles.